The molecule has 0 aliphatic rings. The second-order valence-corrected chi connectivity index (χ2v) is 6.68. The van der Waals surface area contributed by atoms with E-state index < -0.39 is 18.2 Å². The predicted molar refractivity (Wildman–Crippen MR) is 109 cm³/mol. The van der Waals surface area contributed by atoms with Gasteiger partial charge in [-0.1, -0.05) is 60.7 Å². The van der Waals surface area contributed by atoms with Gasteiger partial charge in [0.25, 0.3) is 0 Å². The molecule has 0 fully saturated rings. The minimum atomic E-state index is -0.773. The zero-order chi connectivity index (χ0) is 20.6. The Morgan fingerprint density at radius 1 is 1.03 bits per heavy atom. The molecule has 2 atom stereocenters. The lowest BCUT2D eigenvalue weighted by Crippen LogP contribution is -2.46. The molecule has 3 aromatic rings. The van der Waals surface area contributed by atoms with Crippen molar-refractivity contribution in [2.24, 2.45) is 7.05 Å². The van der Waals surface area contributed by atoms with E-state index in [0.717, 1.165) is 11.1 Å². The number of aromatic nitrogens is 2. The second-order valence-electron chi connectivity index (χ2n) is 6.68. The average Bonchev–Trinajstić information content (AvgIpc) is 3.17. The van der Waals surface area contributed by atoms with Crippen LogP contribution in [0.2, 0.25) is 0 Å². The zero-order valence-electron chi connectivity index (χ0n) is 16.4. The lowest BCUT2D eigenvalue weighted by atomic mass is 10.1. The summed E-state index contributed by atoms with van der Waals surface area (Å²) in [6, 6.07) is 17.7. The van der Waals surface area contributed by atoms with E-state index in [1.807, 2.05) is 78.5 Å². The highest BCUT2D eigenvalue weighted by atomic mass is 16.5. The van der Waals surface area contributed by atoms with Crippen molar-refractivity contribution in [3.63, 3.8) is 0 Å². The average molecular weight is 392 g/mol. The van der Waals surface area contributed by atoms with Crippen LogP contribution in [0.4, 0.5) is 4.79 Å². The lowest BCUT2D eigenvalue weighted by molar-refractivity contribution is -0.123. The van der Waals surface area contributed by atoms with Crippen LogP contribution in [0.1, 0.15) is 29.9 Å². The molecule has 29 heavy (non-hydrogen) atoms. The van der Waals surface area contributed by atoms with Crippen LogP contribution in [0.3, 0.4) is 0 Å². The molecular formula is C22H24N4O3. The number of carbonyl (C=O) groups is 2. The highest BCUT2D eigenvalue weighted by molar-refractivity contribution is 5.85. The maximum absolute atomic E-state index is 12.7. The molecule has 1 heterocycles. The van der Waals surface area contributed by atoms with Crippen LogP contribution in [0.15, 0.2) is 73.1 Å². The van der Waals surface area contributed by atoms with E-state index in [2.05, 4.69) is 15.6 Å². The third-order valence-corrected chi connectivity index (χ3v) is 4.48. The van der Waals surface area contributed by atoms with Crippen LogP contribution in [0.5, 0.6) is 0 Å². The van der Waals surface area contributed by atoms with Gasteiger partial charge in [-0.15, -0.1) is 0 Å². The van der Waals surface area contributed by atoms with Crippen LogP contribution in [0, 0.1) is 0 Å². The van der Waals surface area contributed by atoms with Crippen molar-refractivity contribution in [3.8, 4) is 0 Å². The third kappa shape index (κ3) is 5.44. The number of rotatable bonds is 7. The first-order valence-corrected chi connectivity index (χ1v) is 9.34. The maximum atomic E-state index is 12.7. The summed E-state index contributed by atoms with van der Waals surface area (Å²) in [6.07, 6.45) is 2.85. The van der Waals surface area contributed by atoms with E-state index in [0.29, 0.717) is 5.82 Å². The van der Waals surface area contributed by atoms with Crippen LogP contribution >= 0.6 is 0 Å². The molecule has 0 saturated carbocycles. The Hall–Kier alpha value is -3.61. The third-order valence-electron chi connectivity index (χ3n) is 4.48. The number of hydrogen-bond acceptors (Lipinski definition) is 4. The van der Waals surface area contributed by atoms with Gasteiger partial charge in [-0.05, 0) is 18.1 Å². The van der Waals surface area contributed by atoms with E-state index >= 15 is 0 Å². The van der Waals surface area contributed by atoms with Gasteiger partial charge in [0, 0.05) is 19.4 Å². The summed E-state index contributed by atoms with van der Waals surface area (Å²) >= 11 is 0. The summed E-state index contributed by atoms with van der Waals surface area (Å²) in [5.74, 6) is 0.363. The van der Waals surface area contributed by atoms with Crippen molar-refractivity contribution in [3.05, 3.63) is 90.0 Å². The largest absolute Gasteiger partial charge is 0.445 e. The molecule has 2 N–H and O–H groups in total. The first-order chi connectivity index (χ1) is 14.0. The Balaban J connectivity index is 1.61. The summed E-state index contributed by atoms with van der Waals surface area (Å²) in [5.41, 5.74) is 1.77. The highest BCUT2D eigenvalue weighted by Gasteiger charge is 2.24. The Morgan fingerprint density at radius 2 is 1.69 bits per heavy atom. The van der Waals surface area contributed by atoms with Crippen molar-refractivity contribution >= 4 is 12.0 Å². The molecule has 1 aromatic heterocycles. The minimum Gasteiger partial charge on any atom is -0.445 e. The maximum Gasteiger partial charge on any atom is 0.408 e. The van der Waals surface area contributed by atoms with E-state index in [1.165, 1.54) is 0 Å². The fourth-order valence-corrected chi connectivity index (χ4v) is 2.87. The van der Waals surface area contributed by atoms with Crippen LogP contribution in [-0.4, -0.2) is 27.6 Å². The van der Waals surface area contributed by atoms with Gasteiger partial charge >= 0.3 is 6.09 Å². The fraction of sp³-hybridized carbons (Fsp3) is 0.227. The smallest absolute Gasteiger partial charge is 0.408 e. The molecule has 0 aliphatic heterocycles. The van der Waals surface area contributed by atoms with Gasteiger partial charge in [-0.3, -0.25) is 4.79 Å². The zero-order valence-corrected chi connectivity index (χ0v) is 16.4. The van der Waals surface area contributed by atoms with Crippen LogP contribution in [-0.2, 0) is 23.2 Å². The molecule has 7 nitrogen and oxygen atoms in total. The van der Waals surface area contributed by atoms with Gasteiger partial charge in [-0.2, -0.15) is 0 Å². The van der Waals surface area contributed by atoms with Gasteiger partial charge in [-0.25, -0.2) is 9.78 Å². The van der Waals surface area contributed by atoms with E-state index in [1.54, 1.807) is 13.1 Å². The predicted octanol–water partition coefficient (Wildman–Crippen LogP) is 2.94. The molecule has 0 spiro atoms. The first kappa shape index (κ1) is 20.1. The number of nitrogens with zero attached hydrogens (tertiary/aromatic N) is 2. The Morgan fingerprint density at radius 3 is 2.31 bits per heavy atom. The molecule has 3 rings (SSSR count). The van der Waals surface area contributed by atoms with Crippen molar-refractivity contribution in [2.45, 2.75) is 25.6 Å². The fourth-order valence-electron chi connectivity index (χ4n) is 2.87. The number of amides is 2. The number of alkyl carbamates (subject to hydrolysis) is 1. The Bertz CT molecular complexity index is 941. The quantitative estimate of drug-likeness (QED) is 0.647. The standard InChI is InChI=1S/C22H24N4O3/c1-16(24-22(28)29-15-17-9-5-3-6-10-17)21(27)25-19(18-11-7-4-8-12-18)20-23-13-14-26(20)2/h3-14,16,19H,15H2,1-2H3,(H,24,28)(H,25,27). The van der Waals surface area contributed by atoms with Gasteiger partial charge in [0.1, 0.15) is 24.5 Å². The summed E-state index contributed by atoms with van der Waals surface area (Å²) in [5, 5.41) is 5.53. The number of imidazole rings is 1. The first-order valence-electron chi connectivity index (χ1n) is 9.34. The van der Waals surface area contributed by atoms with Gasteiger partial charge < -0.3 is 19.9 Å². The van der Waals surface area contributed by atoms with Gasteiger partial charge in [0.15, 0.2) is 0 Å². The SMILES string of the molecule is CC(NC(=O)OCc1ccccc1)C(=O)NC(c1ccccc1)c1nccn1C. The molecule has 0 saturated heterocycles. The number of benzene rings is 2. The normalized spacial score (nSPS) is 12.6. The number of carbonyl (C=O) groups excluding carboxylic acids is 2. The second kappa shape index (κ2) is 9.54. The summed E-state index contributed by atoms with van der Waals surface area (Å²) < 4.78 is 7.03. The summed E-state index contributed by atoms with van der Waals surface area (Å²) in [4.78, 5) is 29.1. The van der Waals surface area contributed by atoms with Crippen molar-refractivity contribution in [1.82, 2.24) is 20.2 Å². The molecule has 0 bridgehead atoms. The van der Waals surface area contributed by atoms with Crippen molar-refractivity contribution < 1.29 is 14.3 Å². The molecule has 0 radical (unpaired) electrons. The summed E-state index contributed by atoms with van der Waals surface area (Å²) in [6.45, 7) is 1.75. The topological polar surface area (TPSA) is 85.2 Å². The van der Waals surface area contributed by atoms with E-state index in [-0.39, 0.29) is 12.5 Å². The lowest BCUT2D eigenvalue weighted by Gasteiger charge is -2.22. The van der Waals surface area contributed by atoms with Crippen LogP contribution in [0.25, 0.3) is 0 Å². The number of ether oxygens (including phenoxy) is 1. The minimum absolute atomic E-state index is 0.140. The summed E-state index contributed by atoms with van der Waals surface area (Å²) in [7, 11) is 1.87. The van der Waals surface area contributed by atoms with Crippen molar-refractivity contribution in [1.29, 1.82) is 0 Å². The Labute approximate surface area is 169 Å². The molecule has 7 heteroatoms. The Kier molecular flexibility index (Phi) is 6.63. The molecule has 2 amide bonds. The molecular weight excluding hydrogens is 368 g/mol. The molecule has 0 aliphatic carbocycles. The highest BCUT2D eigenvalue weighted by Crippen LogP contribution is 2.20. The van der Waals surface area contributed by atoms with E-state index in [9.17, 15) is 9.59 Å². The van der Waals surface area contributed by atoms with Crippen molar-refractivity contribution in [2.75, 3.05) is 0 Å². The van der Waals surface area contributed by atoms with Gasteiger partial charge in [0.05, 0.1) is 0 Å². The van der Waals surface area contributed by atoms with Crippen LogP contribution < -0.4 is 10.6 Å². The monoisotopic (exact) mass is 392 g/mol. The number of hydrogen-bond donors (Lipinski definition) is 2. The molecule has 150 valence electrons. The van der Waals surface area contributed by atoms with Gasteiger partial charge in [0.2, 0.25) is 5.91 Å². The molecule has 2 aromatic carbocycles. The molecule has 2 unspecified atom stereocenters. The number of nitrogens with one attached hydrogen (secondary N) is 2. The van der Waals surface area contributed by atoms with E-state index in [4.69, 9.17) is 4.74 Å². The number of aryl methyl sites for hydroxylation is 1.